The van der Waals surface area contributed by atoms with Crippen LogP contribution in [0.5, 0.6) is 0 Å². The van der Waals surface area contributed by atoms with Crippen molar-refractivity contribution in [1.29, 1.82) is 0 Å². The maximum Gasteiger partial charge on any atom is 0.419 e. The maximum atomic E-state index is 12.0. The molecule has 3 rings (SSSR count). The molecule has 0 atom stereocenters. The molecule has 1 amide bonds. The predicted molar refractivity (Wildman–Crippen MR) is 88.8 cm³/mol. The van der Waals surface area contributed by atoms with Crippen molar-refractivity contribution in [3.8, 4) is 11.8 Å². The molecule has 0 N–H and O–H groups in total. The molecule has 0 unspecified atom stereocenters. The molecule has 1 aliphatic heterocycles. The van der Waals surface area contributed by atoms with Crippen molar-refractivity contribution in [1.82, 2.24) is 4.98 Å². The minimum atomic E-state index is -0.581. The van der Waals surface area contributed by atoms with Gasteiger partial charge in [0, 0.05) is 11.8 Å². The number of amides is 1. The van der Waals surface area contributed by atoms with Gasteiger partial charge in [0.05, 0.1) is 11.9 Å². The number of ether oxygens (including phenoxy) is 1. The smallest absolute Gasteiger partial charge is 0.419 e. The van der Waals surface area contributed by atoms with E-state index < -0.39 is 11.7 Å². The zero-order valence-corrected chi connectivity index (χ0v) is 13.0. The van der Waals surface area contributed by atoms with Gasteiger partial charge >= 0.3 is 6.09 Å². The number of rotatable bonds is 1. The molecule has 1 aliphatic rings. The van der Waals surface area contributed by atoms with Gasteiger partial charge in [0.1, 0.15) is 11.3 Å². The van der Waals surface area contributed by atoms with Gasteiger partial charge in [0.25, 0.3) is 0 Å². The highest BCUT2D eigenvalue weighted by Gasteiger charge is 2.28. The lowest BCUT2D eigenvalue weighted by Crippen LogP contribution is -2.39. The van der Waals surface area contributed by atoms with Crippen molar-refractivity contribution in [2.75, 3.05) is 4.90 Å². The molecule has 1 aromatic carbocycles. The maximum absolute atomic E-state index is 12.0. The summed E-state index contributed by atoms with van der Waals surface area (Å²) in [5.41, 5.74) is 1.64. The highest BCUT2D eigenvalue weighted by molar-refractivity contribution is 5.90. The first kappa shape index (κ1) is 14.9. The Morgan fingerprint density at radius 1 is 1.09 bits per heavy atom. The highest BCUT2D eigenvalue weighted by atomic mass is 16.6. The van der Waals surface area contributed by atoms with Crippen molar-refractivity contribution >= 4 is 11.8 Å². The number of hydrogen-bond donors (Lipinski definition) is 0. The molecular formula is C19H16N2O2. The lowest BCUT2D eigenvalue weighted by atomic mass is 10.1. The normalized spacial score (nSPS) is 15.6. The van der Waals surface area contributed by atoms with Crippen LogP contribution in [0.4, 0.5) is 10.5 Å². The zero-order valence-electron chi connectivity index (χ0n) is 13.0. The van der Waals surface area contributed by atoms with Crippen molar-refractivity contribution in [3.05, 3.63) is 72.2 Å². The summed E-state index contributed by atoms with van der Waals surface area (Å²) in [5.74, 6) is 6.05. The van der Waals surface area contributed by atoms with Gasteiger partial charge in [-0.25, -0.2) is 9.78 Å². The van der Waals surface area contributed by atoms with Crippen LogP contribution in [0.15, 0.2) is 60.9 Å². The molecule has 114 valence electrons. The summed E-state index contributed by atoms with van der Waals surface area (Å²) in [6.45, 7) is 3.67. The average Bonchev–Trinajstić information content (AvgIpc) is 2.54. The number of aromatic nitrogens is 1. The lowest BCUT2D eigenvalue weighted by molar-refractivity contribution is 0.0741. The third-order valence-electron chi connectivity index (χ3n) is 3.31. The minimum Gasteiger partial charge on any atom is -0.439 e. The van der Waals surface area contributed by atoms with Crippen molar-refractivity contribution in [3.63, 3.8) is 0 Å². The molecule has 0 saturated carbocycles. The molecule has 0 bridgehead atoms. The van der Waals surface area contributed by atoms with Gasteiger partial charge in [-0.05, 0) is 50.1 Å². The van der Waals surface area contributed by atoms with E-state index in [1.165, 1.54) is 4.90 Å². The van der Waals surface area contributed by atoms with E-state index in [9.17, 15) is 4.79 Å². The molecule has 0 spiro atoms. The highest BCUT2D eigenvalue weighted by Crippen LogP contribution is 2.24. The summed E-state index contributed by atoms with van der Waals surface area (Å²) < 4.78 is 5.32. The molecule has 0 aliphatic carbocycles. The van der Waals surface area contributed by atoms with Crippen LogP contribution in [0.3, 0.4) is 0 Å². The Labute approximate surface area is 135 Å². The summed E-state index contributed by atoms with van der Waals surface area (Å²) in [6, 6.07) is 13.3. The van der Waals surface area contributed by atoms with Gasteiger partial charge < -0.3 is 4.74 Å². The Hall–Kier alpha value is -3.06. The summed E-state index contributed by atoms with van der Waals surface area (Å²) in [5, 5.41) is 0. The number of pyridine rings is 1. The second-order valence-corrected chi connectivity index (χ2v) is 5.67. The number of carbonyl (C=O) groups excluding carboxylic acids is 1. The van der Waals surface area contributed by atoms with E-state index >= 15 is 0 Å². The Kier molecular flexibility index (Phi) is 3.86. The Bertz CT molecular complexity index is 797. The van der Waals surface area contributed by atoms with Crippen LogP contribution >= 0.6 is 0 Å². The van der Waals surface area contributed by atoms with Crippen molar-refractivity contribution < 1.29 is 9.53 Å². The fourth-order valence-corrected chi connectivity index (χ4v) is 2.07. The first-order valence-electron chi connectivity index (χ1n) is 7.28. The van der Waals surface area contributed by atoms with Crippen LogP contribution in [-0.4, -0.2) is 16.7 Å². The van der Waals surface area contributed by atoms with Gasteiger partial charge in [-0.15, -0.1) is 0 Å². The van der Waals surface area contributed by atoms with Gasteiger partial charge in [-0.3, -0.25) is 4.90 Å². The first-order chi connectivity index (χ1) is 11.0. The van der Waals surface area contributed by atoms with E-state index in [-0.39, 0.29) is 0 Å². The lowest BCUT2D eigenvalue weighted by Gasteiger charge is -2.30. The summed E-state index contributed by atoms with van der Waals surface area (Å²) >= 11 is 0. The van der Waals surface area contributed by atoms with Gasteiger partial charge in [-0.2, -0.15) is 0 Å². The van der Waals surface area contributed by atoms with Crippen LogP contribution < -0.4 is 4.90 Å². The predicted octanol–water partition coefficient (Wildman–Crippen LogP) is 3.73. The second kappa shape index (κ2) is 5.98. The van der Waals surface area contributed by atoms with Crippen molar-refractivity contribution in [2.45, 2.75) is 19.4 Å². The number of anilines is 1. The van der Waals surface area contributed by atoms with E-state index in [4.69, 9.17) is 4.74 Å². The number of nitrogens with zero attached hydrogens (tertiary/aromatic N) is 2. The topological polar surface area (TPSA) is 42.4 Å². The Balaban J connectivity index is 1.78. The molecule has 0 radical (unpaired) electrons. The minimum absolute atomic E-state index is 0.414. The van der Waals surface area contributed by atoms with Crippen LogP contribution in [-0.2, 0) is 4.74 Å². The quantitative estimate of drug-likeness (QED) is 0.754. The molecule has 1 aromatic heterocycles. The molecule has 23 heavy (non-hydrogen) atoms. The number of carbonyl (C=O) groups is 1. The standard InChI is InChI=1S/C19H16N2O2/c1-19(2)12-13-21(18(22)23-19)17-11-10-16(20-14-17)9-8-15-6-4-3-5-7-15/h3-7,10-14H,1-2H3. The Morgan fingerprint density at radius 2 is 1.87 bits per heavy atom. The summed E-state index contributed by atoms with van der Waals surface area (Å²) in [4.78, 5) is 17.7. The van der Waals surface area contributed by atoms with Crippen LogP contribution in [0.2, 0.25) is 0 Å². The molecule has 2 aromatic rings. The molecule has 4 nitrogen and oxygen atoms in total. The van der Waals surface area contributed by atoms with Crippen molar-refractivity contribution in [2.24, 2.45) is 0 Å². The van der Waals surface area contributed by atoms with E-state index in [1.54, 1.807) is 24.5 Å². The average molecular weight is 304 g/mol. The fourth-order valence-electron chi connectivity index (χ4n) is 2.07. The van der Waals surface area contributed by atoms with Gasteiger partial charge in [-0.1, -0.05) is 24.1 Å². The van der Waals surface area contributed by atoms with E-state index in [1.807, 2.05) is 50.3 Å². The van der Waals surface area contributed by atoms with Crippen LogP contribution in [0.25, 0.3) is 0 Å². The second-order valence-electron chi connectivity index (χ2n) is 5.67. The van der Waals surface area contributed by atoms with E-state index in [0.717, 1.165) is 5.56 Å². The number of cyclic esters (lactones) is 1. The van der Waals surface area contributed by atoms with Gasteiger partial charge in [0.2, 0.25) is 0 Å². The van der Waals surface area contributed by atoms with E-state index in [2.05, 4.69) is 16.8 Å². The van der Waals surface area contributed by atoms with E-state index in [0.29, 0.717) is 11.4 Å². The van der Waals surface area contributed by atoms with Crippen LogP contribution in [0, 0.1) is 11.8 Å². The molecule has 0 saturated heterocycles. The first-order valence-corrected chi connectivity index (χ1v) is 7.28. The third kappa shape index (κ3) is 3.58. The van der Waals surface area contributed by atoms with Gasteiger partial charge in [0.15, 0.2) is 0 Å². The Morgan fingerprint density at radius 3 is 2.52 bits per heavy atom. The largest absolute Gasteiger partial charge is 0.439 e. The SMILES string of the molecule is CC1(C)C=CN(c2ccc(C#Cc3ccccc3)nc2)C(=O)O1. The molecule has 2 heterocycles. The van der Waals surface area contributed by atoms with Crippen LogP contribution in [0.1, 0.15) is 25.1 Å². The number of benzene rings is 1. The zero-order chi connectivity index (χ0) is 16.3. The summed E-state index contributed by atoms with van der Waals surface area (Å²) in [6.07, 6.45) is 4.73. The third-order valence-corrected chi connectivity index (χ3v) is 3.31. The number of hydrogen-bond acceptors (Lipinski definition) is 3. The monoisotopic (exact) mass is 304 g/mol. The molecule has 4 heteroatoms. The fraction of sp³-hybridized carbons (Fsp3) is 0.158. The summed E-state index contributed by atoms with van der Waals surface area (Å²) in [7, 11) is 0. The molecular weight excluding hydrogens is 288 g/mol. The molecule has 0 fully saturated rings.